The van der Waals surface area contributed by atoms with Gasteiger partial charge >= 0.3 is 0 Å². The van der Waals surface area contributed by atoms with Crippen molar-refractivity contribution < 1.29 is 14.2 Å². The van der Waals surface area contributed by atoms with Gasteiger partial charge in [-0.15, -0.1) is 11.6 Å². The summed E-state index contributed by atoms with van der Waals surface area (Å²) in [6, 6.07) is 3.52. The topological polar surface area (TPSA) is 49.7 Å². The van der Waals surface area contributed by atoms with Crippen molar-refractivity contribution in [3.05, 3.63) is 28.2 Å². The zero-order chi connectivity index (χ0) is 20.2. The molecular weight excluding hydrogens is 366 g/mol. The van der Waals surface area contributed by atoms with Crippen LogP contribution in [0.25, 0.3) is 10.8 Å². The van der Waals surface area contributed by atoms with Crippen LogP contribution in [-0.2, 0) is 12.4 Å². The smallest absolute Gasteiger partial charge is 0.259 e. The van der Waals surface area contributed by atoms with Crippen molar-refractivity contribution in [1.82, 2.24) is 4.57 Å². The van der Waals surface area contributed by atoms with Gasteiger partial charge < -0.3 is 18.8 Å². The van der Waals surface area contributed by atoms with Gasteiger partial charge in [0.15, 0.2) is 17.2 Å². The van der Waals surface area contributed by atoms with E-state index in [-0.39, 0.29) is 16.9 Å². The Morgan fingerprint density at radius 2 is 1.81 bits per heavy atom. The Hall–Kier alpha value is -1.88. The first-order chi connectivity index (χ1) is 12.8. The fourth-order valence-electron chi connectivity index (χ4n) is 3.11. The molecule has 0 fully saturated rings. The first-order valence-corrected chi connectivity index (χ1v) is 9.81. The highest BCUT2D eigenvalue weighted by Crippen LogP contribution is 2.42. The molecule has 1 heterocycles. The summed E-state index contributed by atoms with van der Waals surface area (Å²) < 4.78 is 18.9. The number of nitrogens with zero attached hydrogens (tertiary/aromatic N) is 1. The summed E-state index contributed by atoms with van der Waals surface area (Å²) in [5.74, 6) is 1.82. The minimum atomic E-state index is -0.0978. The van der Waals surface area contributed by atoms with E-state index >= 15 is 0 Å². The van der Waals surface area contributed by atoms with Crippen LogP contribution >= 0.6 is 11.6 Å². The second-order valence-electron chi connectivity index (χ2n) is 7.79. The SMILES string of the molecule is CCCCOc1c(CCl)n(CC(C)(C)C)c(=O)c2ccc(OC)c(OC)c12. The number of unbranched alkanes of at least 4 members (excludes halogenated alkanes) is 1. The van der Waals surface area contributed by atoms with Crippen LogP contribution in [0, 0.1) is 5.41 Å². The Morgan fingerprint density at radius 3 is 2.33 bits per heavy atom. The van der Waals surface area contributed by atoms with Gasteiger partial charge in [0.25, 0.3) is 5.56 Å². The highest BCUT2D eigenvalue weighted by molar-refractivity contribution is 6.17. The fraction of sp³-hybridized carbons (Fsp3) is 0.571. The van der Waals surface area contributed by atoms with Crippen LogP contribution in [0.1, 0.15) is 46.2 Å². The average Bonchev–Trinajstić information content (AvgIpc) is 2.63. The number of alkyl halides is 1. The van der Waals surface area contributed by atoms with Gasteiger partial charge in [-0.05, 0) is 24.0 Å². The zero-order valence-electron chi connectivity index (χ0n) is 17.1. The Balaban J connectivity index is 2.90. The number of benzene rings is 1. The van der Waals surface area contributed by atoms with Crippen molar-refractivity contribution in [3.8, 4) is 17.2 Å². The maximum absolute atomic E-state index is 13.3. The quantitative estimate of drug-likeness (QED) is 0.467. The molecule has 1 aromatic heterocycles. The van der Waals surface area contributed by atoms with Gasteiger partial charge in [-0.3, -0.25) is 4.79 Å². The molecule has 0 saturated carbocycles. The fourth-order valence-corrected chi connectivity index (χ4v) is 3.38. The molecular formula is C21H30ClNO4. The van der Waals surface area contributed by atoms with E-state index in [9.17, 15) is 4.79 Å². The maximum atomic E-state index is 13.3. The lowest BCUT2D eigenvalue weighted by Gasteiger charge is -2.25. The summed E-state index contributed by atoms with van der Waals surface area (Å²) in [6.07, 6.45) is 1.92. The average molecular weight is 396 g/mol. The Morgan fingerprint density at radius 1 is 1.11 bits per heavy atom. The first kappa shape index (κ1) is 21.4. The van der Waals surface area contributed by atoms with E-state index in [1.165, 1.54) is 0 Å². The number of aromatic nitrogens is 1. The molecule has 0 spiro atoms. The number of hydrogen-bond acceptors (Lipinski definition) is 4. The van der Waals surface area contributed by atoms with Gasteiger partial charge in [0.1, 0.15) is 0 Å². The predicted octanol–water partition coefficient (Wildman–Crippen LogP) is 4.98. The Labute approximate surface area is 166 Å². The number of pyridine rings is 1. The number of methoxy groups -OCH3 is 2. The van der Waals surface area contributed by atoms with Crippen LogP contribution < -0.4 is 19.8 Å². The van der Waals surface area contributed by atoms with Crippen molar-refractivity contribution in [3.63, 3.8) is 0 Å². The molecule has 0 atom stereocenters. The third-order valence-electron chi connectivity index (χ3n) is 4.34. The van der Waals surface area contributed by atoms with Crippen LogP contribution in [0.15, 0.2) is 16.9 Å². The summed E-state index contributed by atoms with van der Waals surface area (Å²) in [5.41, 5.74) is 0.487. The molecule has 6 heteroatoms. The Bertz CT molecular complexity index is 852. The zero-order valence-corrected chi connectivity index (χ0v) is 17.9. The summed E-state index contributed by atoms with van der Waals surface area (Å²) in [6.45, 7) is 9.47. The minimum Gasteiger partial charge on any atom is -0.493 e. The molecule has 0 radical (unpaired) electrons. The monoisotopic (exact) mass is 395 g/mol. The third kappa shape index (κ3) is 4.52. The molecule has 0 amide bonds. The van der Waals surface area contributed by atoms with Crippen LogP contribution in [0.2, 0.25) is 0 Å². The molecule has 27 heavy (non-hydrogen) atoms. The second-order valence-corrected chi connectivity index (χ2v) is 8.05. The van der Waals surface area contributed by atoms with Crippen molar-refractivity contribution in [2.24, 2.45) is 5.41 Å². The lowest BCUT2D eigenvalue weighted by molar-refractivity contribution is 0.295. The van der Waals surface area contributed by atoms with Gasteiger partial charge in [0.2, 0.25) is 0 Å². The molecule has 0 aliphatic heterocycles. The van der Waals surface area contributed by atoms with E-state index in [2.05, 4.69) is 27.7 Å². The van der Waals surface area contributed by atoms with E-state index in [0.29, 0.717) is 46.9 Å². The molecule has 2 rings (SSSR count). The molecule has 0 aliphatic carbocycles. The number of halogens is 1. The number of hydrogen-bond donors (Lipinski definition) is 0. The summed E-state index contributed by atoms with van der Waals surface area (Å²) >= 11 is 6.31. The van der Waals surface area contributed by atoms with Crippen LogP contribution in [0.4, 0.5) is 0 Å². The van der Waals surface area contributed by atoms with Gasteiger partial charge in [-0.1, -0.05) is 34.1 Å². The van der Waals surface area contributed by atoms with Crippen molar-refractivity contribution >= 4 is 22.4 Å². The standard InChI is InChI=1S/C21H30ClNO4/c1-7-8-11-27-18-15(12-22)23(13-21(2,3)4)20(24)14-9-10-16(25-5)19(26-6)17(14)18/h9-10H,7-8,11-13H2,1-6H3. The normalized spacial score (nSPS) is 11.7. The minimum absolute atomic E-state index is 0.0877. The summed E-state index contributed by atoms with van der Waals surface area (Å²) in [4.78, 5) is 13.3. The number of rotatable bonds is 8. The van der Waals surface area contributed by atoms with Gasteiger partial charge in [-0.25, -0.2) is 0 Å². The van der Waals surface area contributed by atoms with Gasteiger partial charge in [0.05, 0.1) is 43.2 Å². The van der Waals surface area contributed by atoms with Crippen molar-refractivity contribution in [2.75, 3.05) is 20.8 Å². The second kappa shape index (κ2) is 8.87. The molecule has 0 bridgehead atoms. The molecule has 0 aliphatic rings. The first-order valence-electron chi connectivity index (χ1n) is 9.28. The van der Waals surface area contributed by atoms with Crippen LogP contribution in [0.3, 0.4) is 0 Å². The van der Waals surface area contributed by atoms with Gasteiger partial charge in [0, 0.05) is 6.54 Å². The van der Waals surface area contributed by atoms with Crippen LogP contribution in [-0.4, -0.2) is 25.4 Å². The largest absolute Gasteiger partial charge is 0.493 e. The van der Waals surface area contributed by atoms with Gasteiger partial charge in [-0.2, -0.15) is 0 Å². The van der Waals surface area contributed by atoms with E-state index in [1.807, 2.05) is 0 Å². The van der Waals surface area contributed by atoms with E-state index in [1.54, 1.807) is 30.9 Å². The highest BCUT2D eigenvalue weighted by atomic mass is 35.5. The van der Waals surface area contributed by atoms with E-state index in [0.717, 1.165) is 12.8 Å². The summed E-state index contributed by atoms with van der Waals surface area (Å²) in [5, 5.41) is 1.16. The molecule has 0 saturated heterocycles. The molecule has 5 nitrogen and oxygen atoms in total. The maximum Gasteiger partial charge on any atom is 0.259 e. The lowest BCUT2D eigenvalue weighted by Crippen LogP contribution is -2.30. The van der Waals surface area contributed by atoms with E-state index < -0.39 is 0 Å². The lowest BCUT2D eigenvalue weighted by atomic mass is 9.96. The van der Waals surface area contributed by atoms with Crippen molar-refractivity contribution in [1.29, 1.82) is 0 Å². The van der Waals surface area contributed by atoms with Crippen molar-refractivity contribution in [2.45, 2.75) is 53.0 Å². The molecule has 0 unspecified atom stereocenters. The third-order valence-corrected chi connectivity index (χ3v) is 4.59. The summed E-state index contributed by atoms with van der Waals surface area (Å²) in [7, 11) is 3.14. The highest BCUT2D eigenvalue weighted by Gasteiger charge is 2.25. The predicted molar refractivity (Wildman–Crippen MR) is 111 cm³/mol. The molecule has 150 valence electrons. The Kier molecular flexibility index (Phi) is 7.04. The number of ether oxygens (including phenoxy) is 3. The van der Waals surface area contributed by atoms with E-state index in [4.69, 9.17) is 25.8 Å². The molecule has 0 N–H and O–H groups in total. The number of fused-ring (bicyclic) bond motifs is 1. The molecule has 1 aromatic carbocycles. The molecule has 2 aromatic rings. The van der Waals surface area contributed by atoms with Crippen LogP contribution in [0.5, 0.6) is 17.2 Å².